The lowest BCUT2D eigenvalue weighted by molar-refractivity contribution is -0.137. The summed E-state index contributed by atoms with van der Waals surface area (Å²) in [7, 11) is 2.01. The molecular weight excluding hydrogens is 540 g/mol. The smallest absolute Gasteiger partial charge is 0.303 e. The lowest BCUT2D eigenvalue weighted by atomic mass is 10.00. The Kier molecular flexibility index (Phi) is 7.80. The van der Waals surface area contributed by atoms with Gasteiger partial charge in [-0.3, -0.25) is 9.59 Å². The maximum Gasteiger partial charge on any atom is 0.303 e. The summed E-state index contributed by atoms with van der Waals surface area (Å²) in [6, 6.07) is 8.01. The molecule has 0 saturated carbocycles. The third kappa shape index (κ3) is 5.25. The van der Waals surface area contributed by atoms with E-state index in [-0.39, 0.29) is 12.8 Å². The number of hydrogen-bond acceptors (Lipinski definition) is 4. The van der Waals surface area contributed by atoms with E-state index in [0.717, 1.165) is 83.7 Å². The molecule has 0 spiro atoms. The average molecular weight is 577 g/mol. The second-order valence-corrected chi connectivity index (χ2v) is 11.1. The van der Waals surface area contributed by atoms with Crippen molar-refractivity contribution in [1.82, 2.24) is 19.5 Å². The van der Waals surface area contributed by atoms with Crippen LogP contribution in [0.25, 0.3) is 50.4 Å². The summed E-state index contributed by atoms with van der Waals surface area (Å²) in [5.41, 5.74) is 14.1. The summed E-state index contributed by atoms with van der Waals surface area (Å²) in [5.74, 6) is -1.76. The molecule has 8 bridgehead atoms. The van der Waals surface area contributed by atoms with Crippen LogP contribution in [0.2, 0.25) is 0 Å². The van der Waals surface area contributed by atoms with Crippen LogP contribution in [-0.4, -0.2) is 41.7 Å². The van der Waals surface area contributed by atoms with E-state index in [4.69, 9.17) is 9.97 Å². The average Bonchev–Trinajstić information content (AvgIpc) is 3.59. The number of H-pyrrole nitrogens is 1. The Labute approximate surface area is 250 Å². The SMILES string of the molecule is C=CC1=C(C)c2cc3nc(cc4[nH]c(cc5c(C=C)c(C)c(cc1n2)n5C)c(C)c4CCC(=O)O)C(CCC(=O)O)=C3C. The summed E-state index contributed by atoms with van der Waals surface area (Å²) in [4.78, 5) is 36.6. The standard InChI is InChI=1S/C35H36N4O4/c1-8-22-18(3)26-14-27-19(4)24(10-12-34(40)41)29(36-27)15-30-25(11-13-35(42)43)20(5)28(38-30)16-33-23(9-2)21(6)32(39(33)7)17-31(22)37-26/h8-9,14-17,38H,1-2,10-13H2,3-7H3,(H,40,41)(H,42,43). The van der Waals surface area contributed by atoms with Crippen LogP contribution in [0.3, 0.4) is 0 Å². The summed E-state index contributed by atoms with van der Waals surface area (Å²) in [6.45, 7) is 16.2. The Bertz CT molecular complexity index is 1970. The second-order valence-electron chi connectivity index (χ2n) is 11.1. The number of hydrogen-bond donors (Lipinski definition) is 3. The molecule has 2 aliphatic rings. The van der Waals surface area contributed by atoms with Gasteiger partial charge in [-0.15, -0.1) is 0 Å². The van der Waals surface area contributed by atoms with Crippen LogP contribution in [0.1, 0.15) is 78.1 Å². The van der Waals surface area contributed by atoms with Gasteiger partial charge in [0.1, 0.15) is 0 Å². The number of allylic oxidation sites excluding steroid dienone is 5. The number of nitrogens with one attached hydrogen (secondary N) is 1. The number of aryl methyl sites for hydroxylation is 4. The van der Waals surface area contributed by atoms with Gasteiger partial charge in [0.25, 0.3) is 0 Å². The summed E-state index contributed by atoms with van der Waals surface area (Å²) in [6.07, 6.45) is 4.28. The fourth-order valence-electron chi connectivity index (χ4n) is 6.11. The van der Waals surface area contributed by atoms with Crippen molar-refractivity contribution < 1.29 is 19.8 Å². The lowest BCUT2D eigenvalue weighted by Crippen LogP contribution is -1.98. The second kappa shape index (κ2) is 11.4. The van der Waals surface area contributed by atoms with Gasteiger partial charge in [0.2, 0.25) is 0 Å². The number of carboxylic acids is 2. The van der Waals surface area contributed by atoms with Crippen LogP contribution in [-0.2, 0) is 23.1 Å². The largest absolute Gasteiger partial charge is 0.481 e. The third-order valence-corrected chi connectivity index (χ3v) is 8.63. The molecule has 8 heteroatoms. The number of rotatable bonds is 8. The third-order valence-electron chi connectivity index (χ3n) is 8.63. The van der Waals surface area contributed by atoms with E-state index < -0.39 is 11.9 Å². The molecule has 0 amide bonds. The molecule has 0 aliphatic carbocycles. The topological polar surface area (TPSA) is 121 Å². The van der Waals surface area contributed by atoms with Crippen LogP contribution in [0.15, 0.2) is 43.5 Å². The van der Waals surface area contributed by atoms with E-state index in [9.17, 15) is 19.8 Å². The van der Waals surface area contributed by atoms with Gasteiger partial charge in [0.15, 0.2) is 0 Å². The summed E-state index contributed by atoms with van der Waals surface area (Å²) in [5, 5.41) is 19.0. The minimum absolute atomic E-state index is 0.0205. The Morgan fingerprint density at radius 1 is 0.791 bits per heavy atom. The van der Waals surface area contributed by atoms with Crippen molar-refractivity contribution in [2.45, 2.75) is 53.4 Å². The maximum atomic E-state index is 11.6. The molecule has 220 valence electrons. The summed E-state index contributed by atoms with van der Waals surface area (Å²) < 4.78 is 2.12. The van der Waals surface area contributed by atoms with Gasteiger partial charge in [-0.05, 0) is 98.2 Å². The molecule has 0 atom stereocenters. The zero-order valence-corrected chi connectivity index (χ0v) is 25.3. The van der Waals surface area contributed by atoms with Crippen LogP contribution in [0.4, 0.5) is 0 Å². The fraction of sp³-hybridized carbons (Fsp3) is 0.257. The predicted molar refractivity (Wildman–Crippen MR) is 173 cm³/mol. The maximum absolute atomic E-state index is 11.6. The molecular formula is C35H36N4O4. The number of carbonyl (C=O) groups is 2. The van der Waals surface area contributed by atoms with Crippen molar-refractivity contribution in [2.75, 3.05) is 0 Å². The molecule has 2 aliphatic heterocycles. The Morgan fingerprint density at radius 2 is 1.44 bits per heavy atom. The molecule has 3 aromatic heterocycles. The van der Waals surface area contributed by atoms with Crippen molar-refractivity contribution in [1.29, 1.82) is 0 Å². The molecule has 0 aromatic carbocycles. The zero-order chi connectivity index (χ0) is 31.2. The molecule has 3 N–H and O–H groups in total. The molecule has 0 radical (unpaired) electrons. The van der Waals surface area contributed by atoms with Crippen molar-refractivity contribution >= 4 is 62.4 Å². The Hall–Kier alpha value is -4.98. The van der Waals surface area contributed by atoms with E-state index in [1.165, 1.54) is 0 Å². The molecule has 5 rings (SSSR count). The van der Waals surface area contributed by atoms with Crippen LogP contribution in [0.5, 0.6) is 0 Å². The van der Waals surface area contributed by atoms with Gasteiger partial charge in [-0.1, -0.05) is 25.3 Å². The fourth-order valence-corrected chi connectivity index (χ4v) is 6.11. The highest BCUT2D eigenvalue weighted by molar-refractivity contribution is 5.98. The van der Waals surface area contributed by atoms with E-state index in [1.807, 2.05) is 52.1 Å². The first-order valence-electron chi connectivity index (χ1n) is 14.3. The van der Waals surface area contributed by atoms with E-state index in [0.29, 0.717) is 18.5 Å². The normalized spacial score (nSPS) is 13.0. The zero-order valence-electron chi connectivity index (χ0n) is 25.3. The van der Waals surface area contributed by atoms with Gasteiger partial charge in [0.05, 0.1) is 28.3 Å². The van der Waals surface area contributed by atoms with Crippen molar-refractivity contribution in [3.05, 3.63) is 88.5 Å². The first-order valence-corrected chi connectivity index (χ1v) is 14.3. The monoisotopic (exact) mass is 576 g/mol. The number of aromatic nitrogens is 4. The van der Waals surface area contributed by atoms with Gasteiger partial charge in [-0.25, -0.2) is 9.97 Å². The highest BCUT2D eigenvalue weighted by Gasteiger charge is 2.22. The van der Waals surface area contributed by atoms with Crippen molar-refractivity contribution in [3.63, 3.8) is 0 Å². The van der Waals surface area contributed by atoms with Crippen molar-refractivity contribution in [3.8, 4) is 0 Å². The Morgan fingerprint density at radius 3 is 2.09 bits per heavy atom. The van der Waals surface area contributed by atoms with Crippen LogP contribution in [0, 0.1) is 13.8 Å². The van der Waals surface area contributed by atoms with Gasteiger partial charge in [0, 0.05) is 47.6 Å². The quantitative estimate of drug-likeness (QED) is 0.255. The molecule has 43 heavy (non-hydrogen) atoms. The summed E-state index contributed by atoms with van der Waals surface area (Å²) >= 11 is 0. The first kappa shape index (κ1) is 29.5. The van der Waals surface area contributed by atoms with E-state index in [2.05, 4.69) is 41.8 Å². The van der Waals surface area contributed by atoms with Crippen LogP contribution >= 0.6 is 0 Å². The number of fused-ring (bicyclic) bond motifs is 8. The van der Waals surface area contributed by atoms with Crippen molar-refractivity contribution in [2.24, 2.45) is 7.05 Å². The highest BCUT2D eigenvalue weighted by atomic mass is 16.4. The number of aliphatic carboxylic acids is 2. The number of carboxylic acid groups (broad SMARTS) is 2. The minimum Gasteiger partial charge on any atom is -0.481 e. The number of nitrogens with zero attached hydrogens (tertiary/aromatic N) is 3. The van der Waals surface area contributed by atoms with E-state index in [1.54, 1.807) is 0 Å². The molecule has 8 nitrogen and oxygen atoms in total. The minimum atomic E-state index is -0.885. The number of aromatic amines is 1. The molecule has 0 unspecified atom stereocenters. The molecule has 3 aromatic rings. The molecule has 5 heterocycles. The molecule has 0 fully saturated rings. The van der Waals surface area contributed by atoms with Gasteiger partial charge >= 0.3 is 11.9 Å². The lowest BCUT2D eigenvalue weighted by Gasteiger charge is -2.03. The van der Waals surface area contributed by atoms with Crippen LogP contribution < -0.4 is 0 Å². The molecule has 0 saturated heterocycles. The highest BCUT2D eigenvalue weighted by Crippen LogP contribution is 2.37. The van der Waals surface area contributed by atoms with E-state index >= 15 is 0 Å². The first-order chi connectivity index (χ1) is 20.4. The van der Waals surface area contributed by atoms with Gasteiger partial charge in [-0.2, -0.15) is 0 Å². The van der Waals surface area contributed by atoms with Gasteiger partial charge < -0.3 is 19.8 Å². The Balaban J connectivity index is 1.98. The predicted octanol–water partition coefficient (Wildman–Crippen LogP) is 7.51.